The Kier molecular flexibility index (Phi) is 3.17. The second kappa shape index (κ2) is 5.01. The first-order valence-corrected chi connectivity index (χ1v) is 6.55. The molecular formula is C14H13FN4O2. The van der Waals surface area contributed by atoms with Crippen molar-refractivity contribution in [3.05, 3.63) is 62.3 Å². The zero-order valence-electron chi connectivity index (χ0n) is 11.3. The van der Waals surface area contributed by atoms with Crippen LogP contribution in [0.4, 0.5) is 4.39 Å². The number of imidazole rings is 1. The Bertz CT molecular complexity index is 923. The van der Waals surface area contributed by atoms with Crippen molar-refractivity contribution < 1.29 is 4.39 Å². The number of nitrogens with one attached hydrogen (secondary N) is 2. The van der Waals surface area contributed by atoms with E-state index in [0.717, 1.165) is 0 Å². The summed E-state index contributed by atoms with van der Waals surface area (Å²) in [5.41, 5.74) is -0.0373. The molecule has 0 saturated heterocycles. The molecule has 0 amide bonds. The molecule has 0 aliphatic rings. The maximum Gasteiger partial charge on any atom is 0.330 e. The lowest BCUT2D eigenvalue weighted by Crippen LogP contribution is -2.29. The number of benzene rings is 1. The van der Waals surface area contributed by atoms with Crippen LogP contribution in [0.1, 0.15) is 18.3 Å². The van der Waals surface area contributed by atoms with Crippen molar-refractivity contribution in [1.29, 1.82) is 0 Å². The molecule has 0 atom stereocenters. The highest BCUT2D eigenvalue weighted by Crippen LogP contribution is 2.13. The van der Waals surface area contributed by atoms with Gasteiger partial charge in [0.05, 0.1) is 0 Å². The molecule has 0 aliphatic heterocycles. The number of hydrogen-bond acceptors (Lipinski definition) is 3. The van der Waals surface area contributed by atoms with Crippen LogP contribution in [-0.2, 0) is 13.0 Å². The van der Waals surface area contributed by atoms with Crippen molar-refractivity contribution in [2.24, 2.45) is 0 Å². The molecule has 3 rings (SSSR count). The molecule has 7 heteroatoms. The van der Waals surface area contributed by atoms with Crippen molar-refractivity contribution in [2.45, 2.75) is 19.9 Å². The van der Waals surface area contributed by atoms with Crippen molar-refractivity contribution in [2.75, 3.05) is 0 Å². The summed E-state index contributed by atoms with van der Waals surface area (Å²) in [6, 6.07) is 6.36. The Labute approximate surface area is 118 Å². The first-order valence-electron chi connectivity index (χ1n) is 6.55. The van der Waals surface area contributed by atoms with Crippen LogP contribution >= 0.6 is 0 Å². The molecule has 0 radical (unpaired) electrons. The van der Waals surface area contributed by atoms with Crippen LogP contribution in [0.2, 0.25) is 0 Å². The molecule has 0 saturated carbocycles. The van der Waals surface area contributed by atoms with E-state index in [1.165, 1.54) is 10.6 Å². The smallest absolute Gasteiger partial charge is 0.330 e. The Morgan fingerprint density at radius 3 is 2.71 bits per heavy atom. The first kappa shape index (κ1) is 13.3. The van der Waals surface area contributed by atoms with Crippen LogP contribution in [0.15, 0.2) is 33.9 Å². The molecule has 0 unspecified atom stereocenters. The van der Waals surface area contributed by atoms with E-state index in [4.69, 9.17) is 0 Å². The third-order valence-corrected chi connectivity index (χ3v) is 3.31. The van der Waals surface area contributed by atoms with Gasteiger partial charge in [0.15, 0.2) is 5.65 Å². The topological polar surface area (TPSA) is 83.5 Å². The van der Waals surface area contributed by atoms with Gasteiger partial charge in [-0.1, -0.05) is 18.2 Å². The largest absolute Gasteiger partial charge is 0.336 e. The Hall–Kier alpha value is -2.70. The van der Waals surface area contributed by atoms with Crippen LogP contribution in [0.25, 0.3) is 11.2 Å². The lowest BCUT2D eigenvalue weighted by Gasteiger charge is -2.00. The average molecular weight is 288 g/mol. The molecule has 21 heavy (non-hydrogen) atoms. The summed E-state index contributed by atoms with van der Waals surface area (Å²) in [6.07, 6.45) is 0.221. The van der Waals surface area contributed by atoms with E-state index in [2.05, 4.69) is 15.0 Å². The van der Waals surface area contributed by atoms with Crippen LogP contribution in [0, 0.1) is 5.82 Å². The molecule has 0 aliphatic carbocycles. The van der Waals surface area contributed by atoms with Gasteiger partial charge in [0.1, 0.15) is 17.2 Å². The van der Waals surface area contributed by atoms with Crippen LogP contribution in [-0.4, -0.2) is 19.5 Å². The number of rotatable bonds is 3. The number of aryl methyl sites for hydroxylation is 1. The van der Waals surface area contributed by atoms with E-state index in [1.807, 2.05) is 0 Å². The van der Waals surface area contributed by atoms with Gasteiger partial charge in [-0.2, -0.15) is 0 Å². The maximum absolute atomic E-state index is 13.7. The van der Waals surface area contributed by atoms with Crippen molar-refractivity contribution in [3.63, 3.8) is 0 Å². The summed E-state index contributed by atoms with van der Waals surface area (Å²) >= 11 is 0. The average Bonchev–Trinajstić information content (AvgIpc) is 2.86. The molecule has 0 fully saturated rings. The van der Waals surface area contributed by atoms with E-state index in [-0.39, 0.29) is 23.4 Å². The molecule has 6 nitrogen and oxygen atoms in total. The van der Waals surface area contributed by atoms with Gasteiger partial charge >= 0.3 is 5.69 Å². The zero-order valence-corrected chi connectivity index (χ0v) is 11.3. The first-order chi connectivity index (χ1) is 10.1. The molecule has 2 aromatic heterocycles. The number of aromatic nitrogens is 4. The van der Waals surface area contributed by atoms with Gasteiger partial charge in [-0.05, 0) is 18.6 Å². The van der Waals surface area contributed by atoms with Crippen LogP contribution in [0.3, 0.4) is 0 Å². The van der Waals surface area contributed by atoms with Gasteiger partial charge < -0.3 is 4.98 Å². The minimum atomic E-state index is -0.521. The Morgan fingerprint density at radius 2 is 2.00 bits per heavy atom. The van der Waals surface area contributed by atoms with Gasteiger partial charge in [0.25, 0.3) is 5.56 Å². The van der Waals surface area contributed by atoms with E-state index in [1.54, 1.807) is 25.1 Å². The van der Waals surface area contributed by atoms with Crippen LogP contribution < -0.4 is 11.2 Å². The second-order valence-corrected chi connectivity index (χ2v) is 4.65. The molecule has 0 bridgehead atoms. The summed E-state index contributed by atoms with van der Waals surface area (Å²) in [5, 5.41) is 0. The summed E-state index contributed by atoms with van der Waals surface area (Å²) in [4.78, 5) is 32.8. The Morgan fingerprint density at radius 1 is 1.24 bits per heavy atom. The fraction of sp³-hybridized carbons (Fsp3) is 0.214. The minimum absolute atomic E-state index is 0.221. The SMILES string of the molecule is CCn1c(=O)[nH]c(=O)c2[nH]c(Cc3ccccc3F)nc21. The minimum Gasteiger partial charge on any atom is -0.336 e. The van der Waals surface area contributed by atoms with Crippen LogP contribution in [0.5, 0.6) is 0 Å². The van der Waals surface area contributed by atoms with Crippen molar-refractivity contribution >= 4 is 11.2 Å². The molecular weight excluding hydrogens is 275 g/mol. The highest BCUT2D eigenvalue weighted by atomic mass is 19.1. The van der Waals surface area contributed by atoms with Gasteiger partial charge in [-0.15, -0.1) is 0 Å². The molecule has 1 aromatic carbocycles. The highest BCUT2D eigenvalue weighted by molar-refractivity contribution is 5.69. The lowest BCUT2D eigenvalue weighted by molar-refractivity contribution is 0.612. The Balaban J connectivity index is 2.14. The van der Waals surface area contributed by atoms with E-state index >= 15 is 0 Å². The monoisotopic (exact) mass is 288 g/mol. The molecule has 3 aromatic rings. The molecule has 0 spiro atoms. The number of hydrogen-bond donors (Lipinski definition) is 2. The fourth-order valence-corrected chi connectivity index (χ4v) is 2.29. The number of nitrogens with zero attached hydrogens (tertiary/aromatic N) is 2. The van der Waals surface area contributed by atoms with Gasteiger partial charge in [-0.25, -0.2) is 14.2 Å². The van der Waals surface area contributed by atoms with Gasteiger partial charge in [0.2, 0.25) is 0 Å². The summed E-state index contributed by atoms with van der Waals surface area (Å²) in [7, 11) is 0. The highest BCUT2D eigenvalue weighted by Gasteiger charge is 2.13. The van der Waals surface area contributed by atoms with Gasteiger partial charge in [0, 0.05) is 13.0 Å². The number of halogens is 1. The van der Waals surface area contributed by atoms with Crippen molar-refractivity contribution in [3.8, 4) is 0 Å². The lowest BCUT2D eigenvalue weighted by atomic mass is 10.1. The van der Waals surface area contributed by atoms with Crippen molar-refractivity contribution in [1.82, 2.24) is 19.5 Å². The third-order valence-electron chi connectivity index (χ3n) is 3.31. The quantitative estimate of drug-likeness (QED) is 0.758. The molecule has 2 heterocycles. The zero-order chi connectivity index (χ0) is 15.0. The number of H-pyrrole nitrogens is 2. The fourth-order valence-electron chi connectivity index (χ4n) is 2.29. The second-order valence-electron chi connectivity index (χ2n) is 4.65. The molecule has 108 valence electrons. The number of aromatic amines is 2. The van der Waals surface area contributed by atoms with E-state index < -0.39 is 11.2 Å². The maximum atomic E-state index is 13.7. The standard InChI is InChI=1S/C14H13FN4O2/c1-2-19-12-11(13(20)18-14(19)21)16-10(17-12)7-8-5-3-4-6-9(8)15/h3-6H,2,7H2,1H3,(H,16,17)(H,18,20,21). The normalized spacial score (nSPS) is 11.1. The van der Waals surface area contributed by atoms with E-state index in [0.29, 0.717) is 17.9 Å². The van der Waals surface area contributed by atoms with E-state index in [9.17, 15) is 14.0 Å². The summed E-state index contributed by atoms with van der Waals surface area (Å²) < 4.78 is 15.0. The summed E-state index contributed by atoms with van der Waals surface area (Å²) in [5.74, 6) is 0.105. The number of fused-ring (bicyclic) bond motifs is 1. The summed E-state index contributed by atoms with van der Waals surface area (Å²) in [6.45, 7) is 2.17. The predicted molar refractivity (Wildman–Crippen MR) is 75.9 cm³/mol. The predicted octanol–water partition coefficient (Wildman–Crippen LogP) is 1.16. The molecule has 2 N–H and O–H groups in total. The third kappa shape index (κ3) is 2.26. The van der Waals surface area contributed by atoms with Gasteiger partial charge in [-0.3, -0.25) is 14.3 Å².